The molecule has 1 aromatic heterocycles. The molecule has 2 rings (SSSR count). The lowest BCUT2D eigenvalue weighted by molar-refractivity contribution is 0.308. The molecular formula is C12H9ClFNOS2. The van der Waals surface area contributed by atoms with E-state index < -0.39 is 5.82 Å². The van der Waals surface area contributed by atoms with E-state index >= 15 is 0 Å². The standard InChI is InChI=1S/C12H9ClFNOS2/c13-11-4-2-8(18-11)6-16-7-1-3-9(12(15)17)10(14)5-7/h1-5H,6H2,(H2,15,17). The maximum Gasteiger partial charge on any atom is 0.137 e. The zero-order valence-corrected chi connectivity index (χ0v) is 11.5. The summed E-state index contributed by atoms with van der Waals surface area (Å²) in [5.74, 6) is -0.0544. The number of halogens is 2. The molecule has 94 valence electrons. The van der Waals surface area contributed by atoms with Gasteiger partial charge in [0.2, 0.25) is 0 Å². The summed E-state index contributed by atoms with van der Waals surface area (Å²) in [6.45, 7) is 0.350. The first-order chi connectivity index (χ1) is 8.56. The Bertz CT molecular complexity index is 585. The highest BCUT2D eigenvalue weighted by atomic mass is 35.5. The van der Waals surface area contributed by atoms with Gasteiger partial charge >= 0.3 is 0 Å². The van der Waals surface area contributed by atoms with Crippen LogP contribution in [0.15, 0.2) is 30.3 Å². The van der Waals surface area contributed by atoms with Crippen LogP contribution in [0.2, 0.25) is 4.34 Å². The van der Waals surface area contributed by atoms with Crippen LogP contribution >= 0.6 is 35.2 Å². The predicted molar refractivity (Wildman–Crippen MR) is 75.9 cm³/mol. The lowest BCUT2D eigenvalue weighted by Crippen LogP contribution is -2.11. The number of thiocarbonyl (C=S) groups is 1. The van der Waals surface area contributed by atoms with Crippen molar-refractivity contribution in [2.45, 2.75) is 6.61 Å². The van der Waals surface area contributed by atoms with Crippen molar-refractivity contribution < 1.29 is 9.13 Å². The summed E-state index contributed by atoms with van der Waals surface area (Å²) in [7, 11) is 0. The third-order valence-corrected chi connectivity index (χ3v) is 3.64. The topological polar surface area (TPSA) is 35.2 Å². The van der Waals surface area contributed by atoms with Gasteiger partial charge in [-0.15, -0.1) is 11.3 Å². The van der Waals surface area contributed by atoms with Crippen molar-refractivity contribution >= 4 is 40.1 Å². The molecule has 0 bridgehead atoms. The molecular weight excluding hydrogens is 293 g/mol. The molecule has 1 heterocycles. The fourth-order valence-electron chi connectivity index (χ4n) is 1.37. The Hall–Kier alpha value is -1.17. The highest BCUT2D eigenvalue weighted by Crippen LogP contribution is 2.23. The number of rotatable bonds is 4. The van der Waals surface area contributed by atoms with E-state index in [1.165, 1.54) is 23.5 Å². The van der Waals surface area contributed by atoms with E-state index in [4.69, 9.17) is 34.3 Å². The Morgan fingerprint density at radius 3 is 2.72 bits per heavy atom. The van der Waals surface area contributed by atoms with Crippen LogP contribution in [0.1, 0.15) is 10.4 Å². The molecule has 0 aliphatic heterocycles. The normalized spacial score (nSPS) is 10.3. The van der Waals surface area contributed by atoms with Gasteiger partial charge in [-0.1, -0.05) is 23.8 Å². The van der Waals surface area contributed by atoms with Crippen LogP contribution in [0.3, 0.4) is 0 Å². The first kappa shape index (κ1) is 13.3. The predicted octanol–water partition coefficient (Wildman–Crippen LogP) is 3.75. The fraction of sp³-hybridized carbons (Fsp3) is 0.0833. The average Bonchev–Trinajstić information content (AvgIpc) is 2.72. The minimum Gasteiger partial charge on any atom is -0.488 e. The summed E-state index contributed by atoms with van der Waals surface area (Å²) in [6.07, 6.45) is 0. The Morgan fingerprint density at radius 1 is 1.39 bits per heavy atom. The Kier molecular flexibility index (Phi) is 4.16. The first-order valence-corrected chi connectivity index (χ1v) is 6.63. The second kappa shape index (κ2) is 5.65. The molecule has 2 nitrogen and oxygen atoms in total. The van der Waals surface area contributed by atoms with Gasteiger partial charge in [0.05, 0.1) is 4.34 Å². The van der Waals surface area contributed by atoms with Crippen molar-refractivity contribution in [2.24, 2.45) is 5.73 Å². The van der Waals surface area contributed by atoms with Gasteiger partial charge in [-0.05, 0) is 24.3 Å². The molecule has 0 aliphatic carbocycles. The van der Waals surface area contributed by atoms with E-state index in [0.717, 1.165) is 4.88 Å². The molecule has 0 aliphatic rings. The molecule has 0 saturated carbocycles. The molecule has 0 amide bonds. The zero-order chi connectivity index (χ0) is 13.1. The summed E-state index contributed by atoms with van der Waals surface area (Å²) in [4.78, 5) is 1.00. The second-order valence-corrected chi connectivity index (χ2v) is 5.74. The quantitative estimate of drug-likeness (QED) is 0.874. The molecule has 1 aromatic carbocycles. The summed E-state index contributed by atoms with van der Waals surface area (Å²) in [5.41, 5.74) is 5.59. The highest BCUT2D eigenvalue weighted by molar-refractivity contribution is 7.80. The van der Waals surface area contributed by atoms with E-state index in [2.05, 4.69) is 0 Å². The summed E-state index contributed by atoms with van der Waals surface area (Å²) in [5, 5.41) is 0. The lowest BCUT2D eigenvalue weighted by Gasteiger charge is -2.06. The van der Waals surface area contributed by atoms with Crippen molar-refractivity contribution in [3.8, 4) is 5.75 Å². The van der Waals surface area contributed by atoms with Crippen LogP contribution in [0.25, 0.3) is 0 Å². The maximum atomic E-state index is 13.6. The molecule has 0 spiro atoms. The van der Waals surface area contributed by atoms with Crippen LogP contribution in [-0.4, -0.2) is 4.99 Å². The van der Waals surface area contributed by atoms with Crippen LogP contribution in [0, 0.1) is 5.82 Å². The Labute approximate surface area is 118 Å². The number of hydrogen-bond donors (Lipinski definition) is 1. The van der Waals surface area contributed by atoms with Gasteiger partial charge in [-0.25, -0.2) is 4.39 Å². The number of hydrogen-bond acceptors (Lipinski definition) is 3. The van der Waals surface area contributed by atoms with Crippen LogP contribution < -0.4 is 10.5 Å². The molecule has 2 N–H and O–H groups in total. The molecule has 0 radical (unpaired) electrons. The largest absolute Gasteiger partial charge is 0.488 e. The van der Waals surface area contributed by atoms with Crippen molar-refractivity contribution in [1.29, 1.82) is 0 Å². The van der Waals surface area contributed by atoms with Crippen LogP contribution in [0.5, 0.6) is 5.75 Å². The Balaban J connectivity index is 2.06. The molecule has 0 atom stereocenters. The van der Waals surface area contributed by atoms with Crippen molar-refractivity contribution in [3.63, 3.8) is 0 Å². The summed E-state index contributed by atoms with van der Waals surface area (Å²) < 4.78 is 19.7. The number of thiophene rings is 1. The van der Waals surface area contributed by atoms with Gasteiger partial charge in [-0.3, -0.25) is 0 Å². The van der Waals surface area contributed by atoms with Gasteiger partial charge < -0.3 is 10.5 Å². The maximum absolute atomic E-state index is 13.6. The van der Waals surface area contributed by atoms with Gasteiger partial charge in [0, 0.05) is 16.5 Å². The number of nitrogens with two attached hydrogens (primary N) is 1. The molecule has 0 saturated heterocycles. The minimum atomic E-state index is -0.482. The van der Waals surface area contributed by atoms with Gasteiger partial charge in [-0.2, -0.15) is 0 Å². The van der Waals surface area contributed by atoms with Gasteiger partial charge in [0.15, 0.2) is 0 Å². The first-order valence-electron chi connectivity index (χ1n) is 5.02. The van der Waals surface area contributed by atoms with E-state index in [9.17, 15) is 4.39 Å². The number of ether oxygens (including phenoxy) is 1. The van der Waals surface area contributed by atoms with E-state index in [1.807, 2.05) is 6.07 Å². The van der Waals surface area contributed by atoms with Crippen LogP contribution in [-0.2, 0) is 6.61 Å². The van der Waals surface area contributed by atoms with E-state index in [1.54, 1.807) is 12.1 Å². The van der Waals surface area contributed by atoms with Crippen molar-refractivity contribution in [2.75, 3.05) is 0 Å². The average molecular weight is 302 g/mol. The third-order valence-electron chi connectivity index (χ3n) is 2.22. The van der Waals surface area contributed by atoms with Gasteiger partial charge in [0.1, 0.15) is 23.2 Å². The molecule has 6 heteroatoms. The van der Waals surface area contributed by atoms with E-state index in [-0.39, 0.29) is 10.6 Å². The van der Waals surface area contributed by atoms with E-state index in [0.29, 0.717) is 16.7 Å². The van der Waals surface area contributed by atoms with Crippen molar-refractivity contribution in [1.82, 2.24) is 0 Å². The summed E-state index contributed by atoms with van der Waals surface area (Å²) >= 11 is 11.9. The smallest absolute Gasteiger partial charge is 0.137 e. The minimum absolute atomic E-state index is 0.0316. The van der Waals surface area contributed by atoms with Crippen LogP contribution in [0.4, 0.5) is 4.39 Å². The Morgan fingerprint density at radius 2 is 2.17 bits per heavy atom. The molecule has 2 aromatic rings. The fourth-order valence-corrected chi connectivity index (χ4v) is 2.54. The third kappa shape index (κ3) is 3.19. The molecule has 0 fully saturated rings. The SMILES string of the molecule is NC(=S)c1ccc(OCc2ccc(Cl)s2)cc1F. The second-order valence-electron chi connectivity index (χ2n) is 3.50. The van der Waals surface area contributed by atoms with Crippen molar-refractivity contribution in [3.05, 3.63) is 50.9 Å². The highest BCUT2D eigenvalue weighted by Gasteiger charge is 2.07. The monoisotopic (exact) mass is 301 g/mol. The molecule has 0 unspecified atom stereocenters. The lowest BCUT2D eigenvalue weighted by atomic mass is 10.2. The summed E-state index contributed by atoms with van der Waals surface area (Å²) in [6, 6.07) is 8.07. The number of benzene rings is 1. The van der Waals surface area contributed by atoms with Gasteiger partial charge in [0.25, 0.3) is 0 Å². The zero-order valence-electron chi connectivity index (χ0n) is 9.15. The molecule has 18 heavy (non-hydrogen) atoms.